The smallest absolute Gasteiger partial charge is 0.271 e. The second-order valence-corrected chi connectivity index (χ2v) is 16.1. The normalized spacial score (nSPS) is 23.2. The van der Waals surface area contributed by atoms with Crippen molar-refractivity contribution in [1.29, 1.82) is 0 Å². The molecule has 1 aliphatic heterocycles. The molecule has 14 heteroatoms. The van der Waals surface area contributed by atoms with Crippen molar-refractivity contribution in [2.75, 3.05) is 28.3 Å². The highest BCUT2D eigenvalue weighted by atomic mass is 32.1. The summed E-state index contributed by atoms with van der Waals surface area (Å²) in [6, 6.07) is 10.3. The fourth-order valence-electron chi connectivity index (χ4n) is 6.81. The van der Waals surface area contributed by atoms with Gasteiger partial charge in [-0.2, -0.15) is 0 Å². The fraction of sp³-hybridized carbons (Fsp3) is 0.524. The second-order valence-electron chi connectivity index (χ2n) is 15.2. The third-order valence-electron chi connectivity index (χ3n) is 10.5. The van der Waals surface area contributed by atoms with Gasteiger partial charge in [-0.25, -0.2) is 4.98 Å². The van der Waals surface area contributed by atoms with Gasteiger partial charge in [-0.3, -0.25) is 24.0 Å². The first-order chi connectivity index (χ1) is 26.6. The number of fused-ring (bicyclic) bond motifs is 2. The minimum Gasteiger partial charge on any atom is -0.497 e. The summed E-state index contributed by atoms with van der Waals surface area (Å²) < 4.78 is 10.7. The highest BCUT2D eigenvalue weighted by Crippen LogP contribution is 2.27. The van der Waals surface area contributed by atoms with Crippen molar-refractivity contribution in [3.05, 3.63) is 75.7 Å². The van der Waals surface area contributed by atoms with E-state index in [2.05, 4.69) is 20.9 Å². The highest BCUT2D eigenvalue weighted by Gasteiger charge is 2.40. The van der Waals surface area contributed by atoms with Crippen molar-refractivity contribution in [3.63, 3.8) is 0 Å². The Morgan fingerprint density at radius 3 is 1.71 bits per heavy atom. The molecule has 2 aromatic carbocycles. The molecule has 3 N–H and O–H groups in total. The molecule has 0 radical (unpaired) electrons. The van der Waals surface area contributed by atoms with E-state index in [9.17, 15) is 24.0 Å². The molecule has 13 nitrogen and oxygen atoms in total. The molecule has 56 heavy (non-hydrogen) atoms. The van der Waals surface area contributed by atoms with Gasteiger partial charge in [0, 0.05) is 38.4 Å². The molecular formula is C42H58N6O7S. The maximum atomic E-state index is 14.9. The lowest BCUT2D eigenvalue weighted by atomic mass is 9.94. The summed E-state index contributed by atoms with van der Waals surface area (Å²) in [5, 5.41) is 11.3. The Morgan fingerprint density at radius 2 is 1.21 bits per heavy atom. The number of amides is 5. The number of nitrogens with zero attached hydrogens (tertiary/aromatic N) is 3. The Balaban J connectivity index is 1.87. The number of benzene rings is 2. The van der Waals surface area contributed by atoms with Crippen LogP contribution < -0.4 is 25.4 Å². The van der Waals surface area contributed by atoms with E-state index in [4.69, 9.17) is 9.47 Å². The molecule has 0 unspecified atom stereocenters. The average Bonchev–Trinajstić information content (AvgIpc) is 3.68. The molecule has 0 saturated carbocycles. The predicted octanol–water partition coefficient (Wildman–Crippen LogP) is 4.80. The summed E-state index contributed by atoms with van der Waals surface area (Å²) >= 11 is 1.26. The molecule has 1 aromatic heterocycles. The summed E-state index contributed by atoms with van der Waals surface area (Å²) in [5.74, 6) is -2.05. The summed E-state index contributed by atoms with van der Waals surface area (Å²) in [6.07, 6.45) is 1.50. The molecule has 304 valence electrons. The van der Waals surface area contributed by atoms with Crippen LogP contribution in [0.5, 0.6) is 11.5 Å². The third kappa shape index (κ3) is 10.7. The summed E-state index contributed by atoms with van der Waals surface area (Å²) in [4.78, 5) is 79.0. The maximum Gasteiger partial charge on any atom is 0.271 e. The van der Waals surface area contributed by atoms with Crippen LogP contribution in [-0.2, 0) is 32.0 Å². The second kappa shape index (κ2) is 19.7. The van der Waals surface area contributed by atoms with Gasteiger partial charge in [0.25, 0.3) is 5.91 Å². The third-order valence-corrected chi connectivity index (χ3v) is 11.5. The van der Waals surface area contributed by atoms with E-state index < -0.39 is 65.7 Å². The molecule has 2 heterocycles. The lowest BCUT2D eigenvalue weighted by Crippen LogP contribution is -2.60. The van der Waals surface area contributed by atoms with Gasteiger partial charge in [-0.15, -0.1) is 11.3 Å². The van der Waals surface area contributed by atoms with Gasteiger partial charge in [0.15, 0.2) is 0 Å². The number of nitrogens with one attached hydrogen (secondary N) is 3. The number of methoxy groups -OCH3 is 2. The number of carbonyl (C=O) groups excluding carboxylic acids is 5. The quantitative estimate of drug-likeness (QED) is 0.264. The number of carbonyl (C=O) groups is 5. The number of thiazole rings is 1. The molecule has 5 amide bonds. The van der Waals surface area contributed by atoms with Crippen molar-refractivity contribution in [2.45, 2.75) is 97.4 Å². The Morgan fingerprint density at radius 1 is 0.714 bits per heavy atom. The van der Waals surface area contributed by atoms with Crippen LogP contribution in [0.4, 0.5) is 0 Å². The van der Waals surface area contributed by atoms with Crippen LogP contribution in [-0.4, -0.2) is 96.8 Å². The van der Waals surface area contributed by atoms with Gasteiger partial charge in [0.05, 0.1) is 26.2 Å². The summed E-state index contributed by atoms with van der Waals surface area (Å²) in [5.41, 5.74) is 1.73. The van der Waals surface area contributed by atoms with Crippen LogP contribution >= 0.6 is 11.3 Å². The van der Waals surface area contributed by atoms with Crippen LogP contribution in [0.1, 0.15) is 87.0 Å². The lowest BCUT2D eigenvalue weighted by Gasteiger charge is -2.37. The van der Waals surface area contributed by atoms with Gasteiger partial charge in [-0.05, 0) is 53.6 Å². The molecule has 0 aliphatic carbocycles. The molecule has 6 atom stereocenters. The zero-order valence-electron chi connectivity index (χ0n) is 34.3. The van der Waals surface area contributed by atoms with Gasteiger partial charge < -0.3 is 35.2 Å². The first kappa shape index (κ1) is 43.7. The Bertz CT molecular complexity index is 1810. The molecule has 2 bridgehead atoms. The minimum atomic E-state index is -1.06. The highest BCUT2D eigenvalue weighted by molar-refractivity contribution is 7.09. The van der Waals surface area contributed by atoms with E-state index in [-0.39, 0.29) is 30.4 Å². The zero-order valence-corrected chi connectivity index (χ0v) is 35.1. The Labute approximate surface area is 334 Å². The molecule has 0 saturated heterocycles. The van der Waals surface area contributed by atoms with Crippen LogP contribution in [0, 0.1) is 17.8 Å². The van der Waals surface area contributed by atoms with E-state index in [0.717, 1.165) is 11.1 Å². The van der Waals surface area contributed by atoms with E-state index in [1.807, 2.05) is 58.9 Å². The first-order valence-corrected chi connectivity index (χ1v) is 20.1. The fourth-order valence-corrected chi connectivity index (χ4v) is 7.83. The average molecular weight is 791 g/mol. The number of hydrogen-bond acceptors (Lipinski definition) is 9. The molecule has 4 rings (SSSR count). The van der Waals surface area contributed by atoms with Crippen LogP contribution in [0.15, 0.2) is 53.9 Å². The molecule has 0 spiro atoms. The van der Waals surface area contributed by atoms with E-state index in [0.29, 0.717) is 29.3 Å². The van der Waals surface area contributed by atoms with E-state index in [1.165, 1.54) is 21.1 Å². The number of rotatable bonds is 10. The molecule has 1 aliphatic rings. The Kier molecular flexibility index (Phi) is 15.4. The SMILES string of the molecule is CCC[C@H]1NC(=O)c2csc(n2)[C@H](C(C)C)NC(=O)[C@H](Cc2ccc(OC)cc2)N(C)C(=O)[C@H](Cc2ccc(OC)cc2)N(C)C(=O)[C@H](C(C)C)NC(=O)[C@@H]1C. The standard InChI is InChI=1S/C42H58N6O7S/c1-11-12-31-26(6)37(49)46-36(25(4)5)42(53)48(8)34(22-28-15-19-30(55-10)20-16-28)41(52)47(7)33(21-27-13-17-29(54-9)18-14-27)39(51)45-35(24(2)3)40-44-32(23-56-40)38(50)43-31/h13-20,23-26,31,33-36H,11-12,21-22H2,1-10H3,(H,43,50)(H,45,51)(H,46,49)/t26-,31-,33+,34+,35+,36+/m1/s1. The topological polar surface area (TPSA) is 159 Å². The van der Waals surface area contributed by atoms with E-state index in [1.54, 1.807) is 64.9 Å². The number of hydrogen-bond donors (Lipinski definition) is 3. The molecular weight excluding hydrogens is 733 g/mol. The zero-order chi connectivity index (χ0) is 41.3. The molecule has 0 fully saturated rings. The van der Waals surface area contributed by atoms with Gasteiger partial charge in [-0.1, -0.05) is 72.2 Å². The largest absolute Gasteiger partial charge is 0.497 e. The lowest BCUT2D eigenvalue weighted by molar-refractivity contribution is -0.149. The summed E-state index contributed by atoms with van der Waals surface area (Å²) in [6.45, 7) is 11.3. The van der Waals surface area contributed by atoms with Crippen molar-refractivity contribution in [1.82, 2.24) is 30.7 Å². The van der Waals surface area contributed by atoms with Gasteiger partial charge in [0.2, 0.25) is 23.6 Å². The van der Waals surface area contributed by atoms with Gasteiger partial charge >= 0.3 is 0 Å². The van der Waals surface area contributed by atoms with E-state index >= 15 is 0 Å². The van der Waals surface area contributed by atoms with Crippen molar-refractivity contribution < 1.29 is 33.4 Å². The number of ether oxygens (including phenoxy) is 2. The van der Waals surface area contributed by atoms with Crippen molar-refractivity contribution in [2.24, 2.45) is 17.8 Å². The first-order valence-electron chi connectivity index (χ1n) is 19.3. The van der Waals surface area contributed by atoms with Crippen LogP contribution in [0.3, 0.4) is 0 Å². The summed E-state index contributed by atoms with van der Waals surface area (Å²) in [7, 11) is 6.27. The minimum absolute atomic E-state index is 0.128. The Hall–Kier alpha value is -4.98. The maximum absolute atomic E-state index is 14.9. The van der Waals surface area contributed by atoms with Crippen molar-refractivity contribution >= 4 is 40.9 Å². The molecule has 3 aromatic rings. The van der Waals surface area contributed by atoms with Crippen molar-refractivity contribution in [3.8, 4) is 11.5 Å². The van der Waals surface area contributed by atoms with Crippen LogP contribution in [0.2, 0.25) is 0 Å². The van der Waals surface area contributed by atoms with Crippen LogP contribution in [0.25, 0.3) is 0 Å². The monoisotopic (exact) mass is 790 g/mol. The number of likely N-dealkylation sites (N-methyl/N-ethyl adjacent to an activating group) is 2. The predicted molar refractivity (Wildman–Crippen MR) is 216 cm³/mol. The number of aromatic nitrogens is 1. The van der Waals surface area contributed by atoms with Gasteiger partial charge in [0.1, 0.15) is 40.3 Å².